The van der Waals surface area contributed by atoms with E-state index < -0.39 is 5.97 Å². The molecule has 0 aromatic carbocycles. The van der Waals surface area contributed by atoms with Crippen LogP contribution in [-0.4, -0.2) is 21.0 Å². The van der Waals surface area contributed by atoms with Gasteiger partial charge in [-0.2, -0.15) is 0 Å². The zero-order valence-electron chi connectivity index (χ0n) is 7.75. The standard InChI is InChI=1S/C10H8N2O2S/c13-10(14)8-6-15-9(12-8)4-7-2-1-3-11-5-7/h1-3,5-6H,4H2,(H,13,14). The average molecular weight is 220 g/mol. The number of carbonyl (C=O) groups is 1. The fraction of sp³-hybridized carbons (Fsp3) is 0.100. The van der Waals surface area contributed by atoms with Crippen molar-refractivity contribution in [1.82, 2.24) is 9.97 Å². The van der Waals surface area contributed by atoms with Crippen LogP contribution in [0.15, 0.2) is 29.9 Å². The molecule has 2 heterocycles. The van der Waals surface area contributed by atoms with Crippen LogP contribution in [0.3, 0.4) is 0 Å². The van der Waals surface area contributed by atoms with E-state index in [1.807, 2.05) is 12.1 Å². The van der Waals surface area contributed by atoms with Gasteiger partial charge in [-0.05, 0) is 11.6 Å². The second kappa shape index (κ2) is 4.18. The molecule has 0 amide bonds. The highest BCUT2D eigenvalue weighted by molar-refractivity contribution is 7.09. The van der Waals surface area contributed by atoms with Crippen LogP contribution in [0.25, 0.3) is 0 Å². The normalized spacial score (nSPS) is 10.1. The van der Waals surface area contributed by atoms with Crippen LogP contribution in [0.1, 0.15) is 21.1 Å². The van der Waals surface area contributed by atoms with Crippen molar-refractivity contribution in [1.29, 1.82) is 0 Å². The van der Waals surface area contributed by atoms with Crippen LogP contribution in [-0.2, 0) is 6.42 Å². The van der Waals surface area contributed by atoms with E-state index in [1.54, 1.807) is 17.8 Å². The molecular weight excluding hydrogens is 212 g/mol. The SMILES string of the molecule is O=C(O)c1csc(Cc2cccnc2)n1. The van der Waals surface area contributed by atoms with E-state index in [2.05, 4.69) is 9.97 Å². The van der Waals surface area contributed by atoms with E-state index in [9.17, 15) is 4.79 Å². The number of pyridine rings is 1. The molecule has 0 aliphatic rings. The topological polar surface area (TPSA) is 63.1 Å². The summed E-state index contributed by atoms with van der Waals surface area (Å²) in [5.41, 5.74) is 1.14. The molecule has 5 heteroatoms. The minimum atomic E-state index is -0.983. The molecule has 76 valence electrons. The molecule has 0 fully saturated rings. The first kappa shape index (κ1) is 9.79. The second-order valence-electron chi connectivity index (χ2n) is 2.97. The highest BCUT2D eigenvalue weighted by Crippen LogP contribution is 2.13. The fourth-order valence-corrected chi connectivity index (χ4v) is 1.97. The molecule has 0 aliphatic heterocycles. The van der Waals surface area contributed by atoms with Crippen molar-refractivity contribution in [2.75, 3.05) is 0 Å². The monoisotopic (exact) mass is 220 g/mol. The third-order valence-electron chi connectivity index (χ3n) is 1.85. The molecule has 1 N–H and O–H groups in total. The number of hydrogen-bond donors (Lipinski definition) is 1. The van der Waals surface area contributed by atoms with E-state index in [-0.39, 0.29) is 5.69 Å². The lowest BCUT2D eigenvalue weighted by Crippen LogP contribution is -1.97. The molecule has 2 rings (SSSR count). The van der Waals surface area contributed by atoms with Gasteiger partial charge in [0.15, 0.2) is 5.69 Å². The number of hydrogen-bond acceptors (Lipinski definition) is 4. The summed E-state index contributed by atoms with van der Waals surface area (Å²) in [6, 6.07) is 3.79. The van der Waals surface area contributed by atoms with Gasteiger partial charge in [0.25, 0.3) is 0 Å². The fourth-order valence-electron chi connectivity index (χ4n) is 1.17. The lowest BCUT2D eigenvalue weighted by atomic mass is 10.2. The number of nitrogens with zero attached hydrogens (tertiary/aromatic N) is 2. The maximum absolute atomic E-state index is 10.6. The van der Waals surface area contributed by atoms with Crippen LogP contribution in [0.4, 0.5) is 0 Å². The molecule has 0 saturated carbocycles. The molecule has 0 unspecified atom stereocenters. The van der Waals surface area contributed by atoms with Gasteiger partial charge in [-0.1, -0.05) is 6.07 Å². The minimum absolute atomic E-state index is 0.110. The van der Waals surface area contributed by atoms with Crippen molar-refractivity contribution in [2.24, 2.45) is 0 Å². The molecular formula is C10H8N2O2S. The highest BCUT2D eigenvalue weighted by Gasteiger charge is 2.08. The summed E-state index contributed by atoms with van der Waals surface area (Å²) in [5.74, 6) is -0.983. The second-order valence-corrected chi connectivity index (χ2v) is 3.91. The van der Waals surface area contributed by atoms with Gasteiger partial charge >= 0.3 is 5.97 Å². The Morgan fingerprint density at radius 2 is 2.40 bits per heavy atom. The summed E-state index contributed by atoms with van der Waals surface area (Å²) < 4.78 is 0. The van der Waals surface area contributed by atoms with Crippen molar-refractivity contribution in [2.45, 2.75) is 6.42 Å². The van der Waals surface area contributed by atoms with Gasteiger partial charge in [0.2, 0.25) is 0 Å². The largest absolute Gasteiger partial charge is 0.476 e. The maximum atomic E-state index is 10.6. The number of aromatic carboxylic acids is 1. The Morgan fingerprint density at radius 1 is 1.53 bits per heavy atom. The van der Waals surface area contributed by atoms with E-state index in [0.717, 1.165) is 10.6 Å². The number of thiazole rings is 1. The third-order valence-corrected chi connectivity index (χ3v) is 2.70. The predicted octanol–water partition coefficient (Wildman–Crippen LogP) is 1.83. The van der Waals surface area contributed by atoms with Crippen molar-refractivity contribution in [3.8, 4) is 0 Å². The van der Waals surface area contributed by atoms with Crippen LogP contribution in [0.5, 0.6) is 0 Å². The van der Waals surface area contributed by atoms with Gasteiger partial charge in [0.05, 0.1) is 5.01 Å². The Kier molecular flexibility index (Phi) is 2.73. The van der Waals surface area contributed by atoms with E-state index >= 15 is 0 Å². The quantitative estimate of drug-likeness (QED) is 0.857. The summed E-state index contributed by atoms with van der Waals surface area (Å²) in [7, 11) is 0. The number of aromatic nitrogens is 2. The summed E-state index contributed by atoms with van der Waals surface area (Å²) in [4.78, 5) is 18.6. The van der Waals surface area contributed by atoms with Crippen molar-refractivity contribution in [3.05, 3.63) is 46.2 Å². The van der Waals surface area contributed by atoms with Gasteiger partial charge in [-0.15, -0.1) is 11.3 Å². The molecule has 4 nitrogen and oxygen atoms in total. The number of rotatable bonds is 3. The van der Waals surface area contributed by atoms with Gasteiger partial charge < -0.3 is 5.11 Å². The van der Waals surface area contributed by atoms with Gasteiger partial charge in [-0.25, -0.2) is 9.78 Å². The van der Waals surface area contributed by atoms with Crippen molar-refractivity contribution in [3.63, 3.8) is 0 Å². The molecule has 0 bridgehead atoms. The van der Waals surface area contributed by atoms with E-state index in [1.165, 1.54) is 11.3 Å². The highest BCUT2D eigenvalue weighted by atomic mass is 32.1. The Labute approximate surface area is 90.3 Å². The third kappa shape index (κ3) is 2.38. The molecule has 2 aromatic rings. The number of carboxylic acid groups (broad SMARTS) is 1. The zero-order chi connectivity index (χ0) is 10.7. The van der Waals surface area contributed by atoms with Gasteiger partial charge in [0, 0.05) is 24.2 Å². The predicted molar refractivity (Wildman–Crippen MR) is 56.1 cm³/mol. The smallest absolute Gasteiger partial charge is 0.355 e. The molecule has 0 atom stereocenters. The summed E-state index contributed by atoms with van der Waals surface area (Å²) in [5, 5.41) is 11.0. The Bertz CT molecular complexity index is 467. The molecule has 0 radical (unpaired) electrons. The first-order valence-electron chi connectivity index (χ1n) is 4.32. The van der Waals surface area contributed by atoms with E-state index in [4.69, 9.17) is 5.11 Å². The lowest BCUT2D eigenvalue weighted by molar-refractivity contribution is 0.0691. The first-order chi connectivity index (χ1) is 7.25. The Hall–Kier alpha value is -1.75. The zero-order valence-corrected chi connectivity index (χ0v) is 8.57. The van der Waals surface area contributed by atoms with Gasteiger partial charge in [-0.3, -0.25) is 4.98 Å². The van der Waals surface area contributed by atoms with Crippen LogP contribution in [0, 0.1) is 0 Å². The maximum Gasteiger partial charge on any atom is 0.355 e. The molecule has 15 heavy (non-hydrogen) atoms. The summed E-state index contributed by atoms with van der Waals surface area (Å²) in [6.45, 7) is 0. The number of carboxylic acids is 1. The molecule has 0 spiro atoms. The Balaban J connectivity index is 2.15. The summed E-state index contributed by atoms with van der Waals surface area (Å²) >= 11 is 1.35. The Morgan fingerprint density at radius 3 is 3.00 bits per heavy atom. The summed E-state index contributed by atoms with van der Waals surface area (Å²) in [6.07, 6.45) is 4.08. The van der Waals surface area contributed by atoms with Gasteiger partial charge in [0.1, 0.15) is 0 Å². The molecule has 0 saturated heterocycles. The van der Waals surface area contributed by atoms with E-state index in [0.29, 0.717) is 6.42 Å². The van der Waals surface area contributed by atoms with Crippen LogP contribution >= 0.6 is 11.3 Å². The molecule has 0 aliphatic carbocycles. The van der Waals surface area contributed by atoms with Crippen molar-refractivity contribution >= 4 is 17.3 Å². The first-order valence-corrected chi connectivity index (χ1v) is 5.20. The van der Waals surface area contributed by atoms with Crippen LogP contribution in [0.2, 0.25) is 0 Å². The lowest BCUT2D eigenvalue weighted by Gasteiger charge is -1.94. The van der Waals surface area contributed by atoms with Crippen molar-refractivity contribution < 1.29 is 9.90 Å². The average Bonchev–Trinajstić information content (AvgIpc) is 2.68. The van der Waals surface area contributed by atoms with Crippen LogP contribution < -0.4 is 0 Å². The minimum Gasteiger partial charge on any atom is -0.476 e. The molecule has 2 aromatic heterocycles.